The number of amides is 1. The SMILES string of the molecule is Cc1oc2nc[nH]c(=O)c2c1C(=O)NC(C)CCC(=O)O. The predicted molar refractivity (Wildman–Crippen MR) is 73.2 cm³/mol. The van der Waals surface area contributed by atoms with Gasteiger partial charge in [0.25, 0.3) is 11.5 Å². The van der Waals surface area contributed by atoms with E-state index in [1.807, 2.05) is 0 Å². The zero-order valence-corrected chi connectivity index (χ0v) is 11.6. The van der Waals surface area contributed by atoms with Gasteiger partial charge in [0, 0.05) is 12.5 Å². The highest BCUT2D eigenvalue weighted by Crippen LogP contribution is 2.20. The van der Waals surface area contributed by atoms with Gasteiger partial charge in [0.2, 0.25) is 5.71 Å². The maximum atomic E-state index is 12.2. The van der Waals surface area contributed by atoms with Crippen molar-refractivity contribution in [1.82, 2.24) is 15.3 Å². The first kappa shape index (κ1) is 14.8. The Morgan fingerprint density at radius 1 is 1.52 bits per heavy atom. The van der Waals surface area contributed by atoms with Gasteiger partial charge in [-0.2, -0.15) is 0 Å². The van der Waals surface area contributed by atoms with Crippen LogP contribution in [0.2, 0.25) is 0 Å². The summed E-state index contributed by atoms with van der Waals surface area (Å²) in [4.78, 5) is 40.8. The van der Waals surface area contributed by atoms with Crippen LogP contribution in [0.1, 0.15) is 35.9 Å². The van der Waals surface area contributed by atoms with Crippen molar-refractivity contribution in [3.05, 3.63) is 28.0 Å². The van der Waals surface area contributed by atoms with E-state index in [0.717, 1.165) is 0 Å². The summed E-state index contributed by atoms with van der Waals surface area (Å²) in [7, 11) is 0. The Balaban J connectivity index is 2.26. The third-order valence-electron chi connectivity index (χ3n) is 3.07. The number of fused-ring (bicyclic) bond motifs is 1. The van der Waals surface area contributed by atoms with Crippen LogP contribution in [0.25, 0.3) is 11.1 Å². The molecule has 1 atom stereocenters. The Bertz CT molecular complexity index is 746. The lowest BCUT2D eigenvalue weighted by Crippen LogP contribution is -2.33. The van der Waals surface area contributed by atoms with Crippen molar-refractivity contribution < 1.29 is 19.1 Å². The minimum absolute atomic E-state index is 0.0469. The fraction of sp³-hybridized carbons (Fsp3) is 0.385. The molecule has 2 rings (SSSR count). The Morgan fingerprint density at radius 3 is 2.90 bits per heavy atom. The second-order valence-electron chi connectivity index (χ2n) is 4.75. The third-order valence-corrected chi connectivity index (χ3v) is 3.07. The number of furan rings is 1. The molecule has 8 heteroatoms. The van der Waals surface area contributed by atoms with Crippen LogP contribution >= 0.6 is 0 Å². The van der Waals surface area contributed by atoms with Crippen LogP contribution in [-0.2, 0) is 4.79 Å². The van der Waals surface area contributed by atoms with Gasteiger partial charge >= 0.3 is 5.97 Å². The quantitative estimate of drug-likeness (QED) is 0.749. The number of H-pyrrole nitrogens is 1. The number of aromatic amines is 1. The predicted octanol–water partition coefficient (Wildman–Crippen LogP) is 0.808. The fourth-order valence-corrected chi connectivity index (χ4v) is 2.03. The molecule has 0 radical (unpaired) electrons. The highest BCUT2D eigenvalue weighted by molar-refractivity contribution is 6.06. The van der Waals surface area contributed by atoms with Gasteiger partial charge in [-0.25, -0.2) is 4.98 Å². The lowest BCUT2D eigenvalue weighted by molar-refractivity contribution is -0.137. The van der Waals surface area contributed by atoms with Gasteiger partial charge in [-0.15, -0.1) is 0 Å². The third kappa shape index (κ3) is 3.10. The Hall–Kier alpha value is -2.64. The molecule has 0 saturated carbocycles. The van der Waals surface area contributed by atoms with Crippen molar-refractivity contribution in [2.45, 2.75) is 32.7 Å². The van der Waals surface area contributed by atoms with E-state index in [1.165, 1.54) is 6.33 Å². The Morgan fingerprint density at radius 2 is 2.24 bits per heavy atom. The van der Waals surface area contributed by atoms with E-state index >= 15 is 0 Å². The Labute approximate surface area is 119 Å². The lowest BCUT2D eigenvalue weighted by Gasteiger charge is -2.12. The summed E-state index contributed by atoms with van der Waals surface area (Å²) in [5.74, 6) is -1.12. The maximum Gasteiger partial charge on any atom is 0.303 e. The largest absolute Gasteiger partial charge is 0.481 e. The first-order valence-corrected chi connectivity index (χ1v) is 6.39. The molecule has 1 unspecified atom stereocenters. The molecular formula is C13H15N3O5. The number of hydrogen-bond donors (Lipinski definition) is 3. The molecule has 2 aromatic heterocycles. The first-order valence-electron chi connectivity index (χ1n) is 6.39. The van der Waals surface area contributed by atoms with E-state index in [2.05, 4.69) is 15.3 Å². The van der Waals surface area contributed by atoms with Crippen LogP contribution in [-0.4, -0.2) is 33.0 Å². The van der Waals surface area contributed by atoms with E-state index in [4.69, 9.17) is 9.52 Å². The average Bonchev–Trinajstić information content (AvgIpc) is 2.74. The van der Waals surface area contributed by atoms with Crippen molar-refractivity contribution in [3.63, 3.8) is 0 Å². The van der Waals surface area contributed by atoms with E-state index < -0.39 is 17.4 Å². The number of rotatable bonds is 5. The normalized spacial score (nSPS) is 12.3. The molecule has 3 N–H and O–H groups in total. The van der Waals surface area contributed by atoms with Crippen molar-refractivity contribution in [2.75, 3.05) is 0 Å². The molecule has 0 aliphatic rings. The molecule has 1 amide bonds. The van der Waals surface area contributed by atoms with Gasteiger partial charge < -0.3 is 19.8 Å². The van der Waals surface area contributed by atoms with Crippen LogP contribution < -0.4 is 10.9 Å². The Kier molecular flexibility index (Phi) is 4.06. The standard InChI is InChI=1S/C13H15N3O5/c1-6(3-4-8(17)18)16-12(20)9-7(2)21-13-10(9)11(19)14-5-15-13/h5-6H,3-4H2,1-2H3,(H,16,20)(H,17,18)(H,14,15,19). The molecule has 0 saturated heterocycles. The molecular weight excluding hydrogens is 278 g/mol. The van der Waals surface area contributed by atoms with Gasteiger partial charge in [-0.1, -0.05) is 0 Å². The molecule has 0 spiro atoms. The summed E-state index contributed by atoms with van der Waals surface area (Å²) in [6, 6.07) is -0.339. The van der Waals surface area contributed by atoms with Gasteiger partial charge in [0.15, 0.2) is 0 Å². The second-order valence-corrected chi connectivity index (χ2v) is 4.75. The number of aryl methyl sites for hydroxylation is 1. The second kappa shape index (κ2) is 5.78. The molecule has 0 aliphatic carbocycles. The molecule has 112 valence electrons. The maximum absolute atomic E-state index is 12.2. The molecule has 21 heavy (non-hydrogen) atoms. The molecule has 2 aromatic rings. The van der Waals surface area contributed by atoms with Crippen molar-refractivity contribution in [3.8, 4) is 0 Å². The van der Waals surface area contributed by atoms with E-state index in [-0.39, 0.29) is 34.9 Å². The number of nitrogens with zero attached hydrogens (tertiary/aromatic N) is 1. The zero-order chi connectivity index (χ0) is 15.6. The molecule has 0 aromatic carbocycles. The van der Waals surface area contributed by atoms with Crippen LogP contribution in [0.5, 0.6) is 0 Å². The number of carbonyl (C=O) groups is 2. The van der Waals surface area contributed by atoms with Crippen molar-refractivity contribution >= 4 is 23.0 Å². The smallest absolute Gasteiger partial charge is 0.303 e. The summed E-state index contributed by atoms with van der Waals surface area (Å²) in [6.45, 7) is 3.26. The van der Waals surface area contributed by atoms with Crippen LogP contribution in [0.3, 0.4) is 0 Å². The number of aromatic nitrogens is 2. The number of nitrogens with one attached hydrogen (secondary N) is 2. The molecule has 8 nitrogen and oxygen atoms in total. The molecule has 2 heterocycles. The lowest BCUT2D eigenvalue weighted by atomic mass is 10.1. The minimum Gasteiger partial charge on any atom is -0.481 e. The topological polar surface area (TPSA) is 125 Å². The number of carboxylic acid groups (broad SMARTS) is 1. The van der Waals surface area contributed by atoms with E-state index in [9.17, 15) is 14.4 Å². The van der Waals surface area contributed by atoms with Crippen molar-refractivity contribution in [1.29, 1.82) is 0 Å². The highest BCUT2D eigenvalue weighted by atomic mass is 16.4. The van der Waals surface area contributed by atoms with Crippen LogP contribution in [0, 0.1) is 6.92 Å². The van der Waals surface area contributed by atoms with Gasteiger partial charge in [-0.05, 0) is 20.3 Å². The summed E-state index contributed by atoms with van der Waals surface area (Å²) >= 11 is 0. The summed E-state index contributed by atoms with van der Waals surface area (Å²) in [5, 5.41) is 11.4. The van der Waals surface area contributed by atoms with Gasteiger partial charge in [0.1, 0.15) is 11.1 Å². The number of carbonyl (C=O) groups excluding carboxylic acids is 1. The highest BCUT2D eigenvalue weighted by Gasteiger charge is 2.22. The van der Waals surface area contributed by atoms with Gasteiger partial charge in [-0.3, -0.25) is 14.4 Å². The van der Waals surface area contributed by atoms with E-state index in [0.29, 0.717) is 6.42 Å². The fourth-order valence-electron chi connectivity index (χ4n) is 2.03. The average molecular weight is 293 g/mol. The first-order chi connectivity index (χ1) is 9.90. The van der Waals surface area contributed by atoms with E-state index in [1.54, 1.807) is 13.8 Å². The molecule has 0 aliphatic heterocycles. The monoisotopic (exact) mass is 293 g/mol. The summed E-state index contributed by atoms with van der Waals surface area (Å²) in [5.41, 5.74) is -0.235. The zero-order valence-electron chi connectivity index (χ0n) is 11.6. The molecule has 0 fully saturated rings. The number of hydrogen-bond acceptors (Lipinski definition) is 5. The molecule has 0 bridgehead atoms. The minimum atomic E-state index is -0.929. The number of carboxylic acids is 1. The van der Waals surface area contributed by atoms with Crippen molar-refractivity contribution in [2.24, 2.45) is 0 Å². The van der Waals surface area contributed by atoms with Crippen LogP contribution in [0.4, 0.5) is 0 Å². The number of aliphatic carboxylic acids is 1. The van der Waals surface area contributed by atoms with Gasteiger partial charge in [0.05, 0.1) is 11.9 Å². The summed E-state index contributed by atoms with van der Waals surface area (Å²) in [6.07, 6.45) is 1.45. The summed E-state index contributed by atoms with van der Waals surface area (Å²) < 4.78 is 5.29. The van der Waals surface area contributed by atoms with Crippen LogP contribution in [0.15, 0.2) is 15.5 Å².